The minimum Gasteiger partial charge on any atom is -0.480 e. The standard InChI is InChI=1S/C27H21F5N4O5/c1-35-9-8-22(37)36(26(35)41)21-7-3-5-16-14(4-2-6-17(16)21)10-20(25(39)40)34-24(38)23-18(28)11-15(12-19(23)29)33-13-27(30,31)32/h2-9,11-12,20,33H,10,13H2,1H3,(H,34,38)(H,39,40)/t20-/m0/s1. The third-order valence-corrected chi connectivity index (χ3v) is 6.17. The molecule has 3 N–H and O–H groups in total. The van der Waals surface area contributed by atoms with Crippen LogP contribution in [-0.4, -0.2) is 44.9 Å². The predicted octanol–water partition coefficient (Wildman–Crippen LogP) is 3.37. The first-order valence-electron chi connectivity index (χ1n) is 11.9. The highest BCUT2D eigenvalue weighted by Crippen LogP contribution is 2.26. The molecule has 9 nitrogen and oxygen atoms in total. The number of carbonyl (C=O) groups excluding carboxylic acids is 1. The van der Waals surface area contributed by atoms with Crippen LogP contribution < -0.4 is 21.9 Å². The molecule has 0 saturated heterocycles. The second-order valence-electron chi connectivity index (χ2n) is 9.02. The molecule has 3 aromatic carbocycles. The first-order chi connectivity index (χ1) is 19.3. The maximum Gasteiger partial charge on any atom is 0.405 e. The third-order valence-electron chi connectivity index (χ3n) is 6.17. The van der Waals surface area contributed by atoms with Gasteiger partial charge in [-0.25, -0.2) is 22.9 Å². The van der Waals surface area contributed by atoms with E-state index in [4.69, 9.17) is 0 Å². The van der Waals surface area contributed by atoms with E-state index in [2.05, 4.69) is 0 Å². The molecule has 1 heterocycles. The number of fused-ring (bicyclic) bond motifs is 1. The lowest BCUT2D eigenvalue weighted by Gasteiger charge is -2.18. The summed E-state index contributed by atoms with van der Waals surface area (Å²) < 4.78 is 68.5. The molecule has 41 heavy (non-hydrogen) atoms. The molecule has 14 heteroatoms. The van der Waals surface area contributed by atoms with E-state index >= 15 is 0 Å². The van der Waals surface area contributed by atoms with Crippen molar-refractivity contribution in [2.24, 2.45) is 7.05 Å². The van der Waals surface area contributed by atoms with Crippen LogP contribution in [0.4, 0.5) is 27.6 Å². The van der Waals surface area contributed by atoms with Gasteiger partial charge in [-0.05, 0) is 29.1 Å². The number of hydrogen-bond donors (Lipinski definition) is 3. The number of aryl methyl sites for hydroxylation is 1. The van der Waals surface area contributed by atoms with E-state index < -0.39 is 64.8 Å². The largest absolute Gasteiger partial charge is 0.480 e. The molecule has 1 aromatic heterocycles. The van der Waals surface area contributed by atoms with Crippen LogP contribution in [0, 0.1) is 11.6 Å². The van der Waals surface area contributed by atoms with E-state index in [9.17, 15) is 46.2 Å². The molecule has 0 spiro atoms. The van der Waals surface area contributed by atoms with Crippen LogP contribution in [0.3, 0.4) is 0 Å². The fourth-order valence-electron chi connectivity index (χ4n) is 4.26. The average molecular weight is 576 g/mol. The summed E-state index contributed by atoms with van der Waals surface area (Å²) in [6.45, 7) is -1.57. The van der Waals surface area contributed by atoms with Gasteiger partial charge in [-0.2, -0.15) is 13.2 Å². The van der Waals surface area contributed by atoms with Crippen LogP contribution in [0.15, 0.2) is 70.4 Å². The molecular weight excluding hydrogens is 555 g/mol. The molecule has 0 aliphatic heterocycles. The number of aromatic nitrogens is 2. The van der Waals surface area contributed by atoms with Crippen molar-refractivity contribution in [3.63, 3.8) is 0 Å². The molecular formula is C27H21F5N4O5. The van der Waals surface area contributed by atoms with Gasteiger partial charge in [0.2, 0.25) is 0 Å². The Bertz CT molecular complexity index is 1760. The van der Waals surface area contributed by atoms with Gasteiger partial charge in [-0.3, -0.25) is 9.59 Å². The van der Waals surface area contributed by atoms with Gasteiger partial charge in [0.15, 0.2) is 0 Å². The van der Waals surface area contributed by atoms with E-state index in [0.29, 0.717) is 28.5 Å². The first kappa shape index (κ1) is 29.0. The number of rotatable bonds is 8. The number of nitrogens with one attached hydrogen (secondary N) is 2. The quantitative estimate of drug-likeness (QED) is 0.277. The molecule has 1 amide bonds. The van der Waals surface area contributed by atoms with Crippen molar-refractivity contribution < 1.29 is 36.6 Å². The lowest BCUT2D eigenvalue weighted by Crippen LogP contribution is -2.43. The van der Waals surface area contributed by atoms with E-state index in [0.717, 1.165) is 4.57 Å². The van der Waals surface area contributed by atoms with Gasteiger partial charge in [-0.15, -0.1) is 0 Å². The van der Waals surface area contributed by atoms with Crippen molar-refractivity contribution in [3.8, 4) is 5.69 Å². The van der Waals surface area contributed by atoms with Gasteiger partial charge in [-0.1, -0.05) is 30.3 Å². The number of amides is 1. The highest BCUT2D eigenvalue weighted by atomic mass is 19.4. The zero-order valence-electron chi connectivity index (χ0n) is 21.1. The maximum absolute atomic E-state index is 14.5. The van der Waals surface area contributed by atoms with Crippen LogP contribution in [0.25, 0.3) is 16.5 Å². The second kappa shape index (κ2) is 11.2. The fraction of sp³-hybridized carbons (Fsp3) is 0.185. The molecule has 0 bridgehead atoms. The predicted molar refractivity (Wildman–Crippen MR) is 138 cm³/mol. The molecule has 4 aromatic rings. The number of aliphatic carboxylic acids is 1. The zero-order chi connectivity index (χ0) is 30.1. The molecule has 0 aliphatic rings. The number of hydrogen-bond acceptors (Lipinski definition) is 5. The number of carboxylic acids is 1. The fourth-order valence-corrected chi connectivity index (χ4v) is 4.26. The Kier molecular flexibility index (Phi) is 7.94. The molecule has 0 radical (unpaired) electrons. The van der Waals surface area contributed by atoms with Gasteiger partial charge < -0.3 is 20.3 Å². The van der Waals surface area contributed by atoms with E-state index in [1.807, 2.05) is 5.32 Å². The second-order valence-corrected chi connectivity index (χ2v) is 9.02. The normalized spacial score (nSPS) is 12.2. The molecule has 4 rings (SSSR count). The van der Waals surface area contributed by atoms with Crippen molar-refractivity contribution in [1.29, 1.82) is 0 Å². The monoisotopic (exact) mass is 576 g/mol. The van der Waals surface area contributed by atoms with Gasteiger partial charge in [0, 0.05) is 36.8 Å². The summed E-state index contributed by atoms with van der Waals surface area (Å²) in [6, 6.07) is 9.89. The number of halogens is 5. The number of alkyl halides is 3. The number of anilines is 1. The van der Waals surface area contributed by atoms with Crippen molar-refractivity contribution in [2.45, 2.75) is 18.6 Å². The van der Waals surface area contributed by atoms with Crippen LogP contribution in [0.5, 0.6) is 0 Å². The molecule has 0 saturated carbocycles. The van der Waals surface area contributed by atoms with Crippen molar-refractivity contribution in [1.82, 2.24) is 14.5 Å². The topological polar surface area (TPSA) is 122 Å². The minimum absolute atomic E-state index is 0.231. The number of carbonyl (C=O) groups is 2. The number of carboxylic acid groups (broad SMARTS) is 1. The minimum atomic E-state index is -4.66. The Morgan fingerprint density at radius 1 is 0.976 bits per heavy atom. The van der Waals surface area contributed by atoms with Crippen molar-refractivity contribution in [2.75, 3.05) is 11.9 Å². The summed E-state index contributed by atoms with van der Waals surface area (Å²) in [5, 5.41) is 14.5. The maximum atomic E-state index is 14.5. The Labute approximate surface area is 227 Å². The molecule has 0 aliphatic carbocycles. The first-order valence-corrected chi connectivity index (χ1v) is 11.9. The van der Waals surface area contributed by atoms with Crippen LogP contribution in [0.2, 0.25) is 0 Å². The summed E-state index contributed by atoms with van der Waals surface area (Å²) in [5.41, 5.74) is -2.35. The smallest absolute Gasteiger partial charge is 0.405 e. The summed E-state index contributed by atoms with van der Waals surface area (Å²) >= 11 is 0. The average Bonchev–Trinajstić information content (AvgIpc) is 2.89. The molecule has 214 valence electrons. The molecule has 0 fully saturated rings. The van der Waals surface area contributed by atoms with Crippen LogP contribution >= 0.6 is 0 Å². The lowest BCUT2D eigenvalue weighted by molar-refractivity contribution is -0.139. The van der Waals surface area contributed by atoms with Gasteiger partial charge >= 0.3 is 17.8 Å². The van der Waals surface area contributed by atoms with Gasteiger partial charge in [0.1, 0.15) is 29.8 Å². The summed E-state index contributed by atoms with van der Waals surface area (Å²) in [6.07, 6.45) is -3.71. The van der Waals surface area contributed by atoms with Crippen LogP contribution in [0.1, 0.15) is 15.9 Å². The summed E-state index contributed by atoms with van der Waals surface area (Å²) in [5.74, 6) is -5.97. The Morgan fingerprint density at radius 3 is 2.24 bits per heavy atom. The zero-order valence-corrected chi connectivity index (χ0v) is 21.1. The third kappa shape index (κ3) is 6.26. The molecule has 0 unspecified atom stereocenters. The Hall–Kier alpha value is -5.01. The van der Waals surface area contributed by atoms with Crippen LogP contribution in [-0.2, 0) is 18.3 Å². The lowest BCUT2D eigenvalue weighted by atomic mass is 9.97. The van der Waals surface area contributed by atoms with Crippen molar-refractivity contribution >= 4 is 28.3 Å². The van der Waals surface area contributed by atoms with Gasteiger partial charge in [0.25, 0.3) is 11.5 Å². The highest BCUT2D eigenvalue weighted by Gasteiger charge is 2.29. The van der Waals surface area contributed by atoms with E-state index in [-0.39, 0.29) is 12.1 Å². The summed E-state index contributed by atoms with van der Waals surface area (Å²) in [4.78, 5) is 49.9. The number of benzene rings is 3. The summed E-state index contributed by atoms with van der Waals surface area (Å²) in [7, 11) is 1.47. The van der Waals surface area contributed by atoms with E-state index in [1.54, 1.807) is 35.6 Å². The van der Waals surface area contributed by atoms with Crippen molar-refractivity contribution in [3.05, 3.63) is 104 Å². The van der Waals surface area contributed by atoms with Gasteiger partial charge in [0.05, 0.1) is 5.69 Å². The van der Waals surface area contributed by atoms with E-state index in [1.165, 1.54) is 29.9 Å². The Morgan fingerprint density at radius 2 is 1.61 bits per heavy atom. The Balaban J connectivity index is 1.65. The molecule has 1 atom stereocenters. The number of nitrogens with zero attached hydrogens (tertiary/aromatic N) is 2. The highest BCUT2D eigenvalue weighted by molar-refractivity contribution is 5.98. The SMILES string of the molecule is Cn1ccc(=O)n(-c2cccc3c(C[C@H](NC(=O)c4c(F)cc(NCC(F)(F)F)cc4F)C(=O)O)cccc23)c1=O.